The second-order valence-corrected chi connectivity index (χ2v) is 5.11. The Balaban J connectivity index is 2.18. The lowest BCUT2D eigenvalue weighted by Gasteiger charge is -2.24. The number of hydrogen-bond donors (Lipinski definition) is 1. The highest BCUT2D eigenvalue weighted by atomic mass is 79.9. The van der Waals surface area contributed by atoms with Gasteiger partial charge in [-0.05, 0) is 11.6 Å². The Morgan fingerprint density at radius 1 is 1.38 bits per heavy atom. The number of halogens is 1. The van der Waals surface area contributed by atoms with Crippen LogP contribution in [0.15, 0.2) is 28.7 Å². The third-order valence-electron chi connectivity index (χ3n) is 2.20. The molecular formula is C10H12BrNS. The van der Waals surface area contributed by atoms with Gasteiger partial charge in [-0.1, -0.05) is 34.1 Å². The third kappa shape index (κ3) is 2.27. The molecule has 1 aliphatic rings. The number of rotatable bonds is 1. The molecule has 0 aromatic heterocycles. The molecule has 1 aromatic carbocycles. The highest BCUT2D eigenvalue weighted by molar-refractivity contribution is 9.10. The van der Waals surface area contributed by atoms with Gasteiger partial charge in [0, 0.05) is 28.6 Å². The molecule has 1 aliphatic heterocycles. The maximum atomic E-state index is 3.58. The van der Waals surface area contributed by atoms with Crippen LogP contribution in [0.4, 0.5) is 0 Å². The van der Waals surface area contributed by atoms with Crippen molar-refractivity contribution in [1.29, 1.82) is 0 Å². The first kappa shape index (κ1) is 9.56. The van der Waals surface area contributed by atoms with Gasteiger partial charge in [-0.25, -0.2) is 0 Å². The van der Waals surface area contributed by atoms with E-state index in [2.05, 4.69) is 45.5 Å². The van der Waals surface area contributed by atoms with Gasteiger partial charge in [0.1, 0.15) is 0 Å². The molecule has 1 N–H and O–H groups in total. The Morgan fingerprint density at radius 2 is 2.23 bits per heavy atom. The maximum Gasteiger partial charge on any atom is 0.0423 e. The summed E-state index contributed by atoms with van der Waals surface area (Å²) in [4.78, 5) is 0. The van der Waals surface area contributed by atoms with E-state index in [9.17, 15) is 0 Å². The van der Waals surface area contributed by atoms with Gasteiger partial charge in [0.15, 0.2) is 0 Å². The average Bonchev–Trinajstić information content (AvgIpc) is 2.20. The number of benzene rings is 1. The molecule has 3 heteroatoms. The van der Waals surface area contributed by atoms with Crippen LogP contribution in [0.5, 0.6) is 0 Å². The highest BCUT2D eigenvalue weighted by Gasteiger charge is 2.16. The number of nitrogens with one attached hydrogen (secondary N) is 1. The minimum atomic E-state index is 0.523. The van der Waals surface area contributed by atoms with Gasteiger partial charge in [-0.15, -0.1) is 0 Å². The fraction of sp³-hybridized carbons (Fsp3) is 0.400. The van der Waals surface area contributed by atoms with Crippen LogP contribution in [0.1, 0.15) is 11.6 Å². The standard InChI is InChI=1S/C10H12BrNS/c11-9-4-2-1-3-8(9)10-7-13-6-5-12-10/h1-4,10,12H,5-7H2. The molecule has 0 amide bonds. The Bertz CT molecular complexity index is 284. The molecule has 0 spiro atoms. The van der Waals surface area contributed by atoms with Crippen molar-refractivity contribution < 1.29 is 0 Å². The molecule has 1 saturated heterocycles. The molecule has 1 fully saturated rings. The Labute approximate surface area is 91.4 Å². The summed E-state index contributed by atoms with van der Waals surface area (Å²) < 4.78 is 1.22. The first-order chi connectivity index (χ1) is 6.38. The monoisotopic (exact) mass is 257 g/mol. The third-order valence-corrected chi connectivity index (χ3v) is 3.99. The van der Waals surface area contributed by atoms with Crippen molar-refractivity contribution in [2.24, 2.45) is 0 Å². The van der Waals surface area contributed by atoms with E-state index in [1.165, 1.54) is 21.5 Å². The predicted octanol–water partition coefficient (Wildman–Crippen LogP) is 2.83. The summed E-state index contributed by atoms with van der Waals surface area (Å²) in [6, 6.07) is 8.98. The van der Waals surface area contributed by atoms with Crippen molar-refractivity contribution in [1.82, 2.24) is 5.32 Å². The van der Waals surface area contributed by atoms with Gasteiger partial charge in [0.25, 0.3) is 0 Å². The minimum Gasteiger partial charge on any atom is -0.308 e. The van der Waals surface area contributed by atoms with Crippen LogP contribution in [0.3, 0.4) is 0 Å². The van der Waals surface area contributed by atoms with E-state index in [0.29, 0.717) is 6.04 Å². The van der Waals surface area contributed by atoms with Gasteiger partial charge in [-0.3, -0.25) is 0 Å². The minimum absolute atomic E-state index is 0.523. The first-order valence-corrected chi connectivity index (χ1v) is 6.38. The second kappa shape index (κ2) is 4.49. The van der Waals surface area contributed by atoms with Crippen molar-refractivity contribution in [2.75, 3.05) is 18.1 Å². The Morgan fingerprint density at radius 3 is 2.92 bits per heavy atom. The van der Waals surface area contributed by atoms with Crippen LogP contribution in [0, 0.1) is 0 Å². The molecule has 0 saturated carbocycles. The molecule has 0 radical (unpaired) electrons. The molecule has 2 rings (SSSR count). The molecule has 1 atom stereocenters. The van der Waals surface area contributed by atoms with E-state index in [1.54, 1.807) is 0 Å². The van der Waals surface area contributed by atoms with Crippen molar-refractivity contribution in [3.63, 3.8) is 0 Å². The summed E-state index contributed by atoms with van der Waals surface area (Å²) in [5.74, 6) is 2.42. The van der Waals surface area contributed by atoms with Crippen LogP contribution in [-0.4, -0.2) is 18.1 Å². The zero-order valence-electron chi connectivity index (χ0n) is 7.29. The first-order valence-electron chi connectivity index (χ1n) is 4.43. The quantitative estimate of drug-likeness (QED) is 0.831. The number of hydrogen-bond acceptors (Lipinski definition) is 2. The molecule has 0 bridgehead atoms. The maximum absolute atomic E-state index is 3.58. The predicted molar refractivity (Wildman–Crippen MR) is 62.2 cm³/mol. The molecule has 70 valence electrons. The lowest BCUT2D eigenvalue weighted by molar-refractivity contribution is 0.593. The van der Waals surface area contributed by atoms with E-state index in [4.69, 9.17) is 0 Å². The summed E-state index contributed by atoms with van der Waals surface area (Å²) >= 11 is 5.61. The van der Waals surface area contributed by atoms with Crippen LogP contribution in [-0.2, 0) is 0 Å². The smallest absolute Gasteiger partial charge is 0.0423 e. The average molecular weight is 258 g/mol. The summed E-state index contributed by atoms with van der Waals surface area (Å²) in [5, 5.41) is 3.53. The van der Waals surface area contributed by atoms with Gasteiger partial charge >= 0.3 is 0 Å². The molecule has 13 heavy (non-hydrogen) atoms. The highest BCUT2D eigenvalue weighted by Crippen LogP contribution is 2.27. The molecule has 1 unspecified atom stereocenters. The summed E-state index contributed by atoms with van der Waals surface area (Å²) in [6.07, 6.45) is 0. The molecule has 1 aromatic rings. The topological polar surface area (TPSA) is 12.0 Å². The van der Waals surface area contributed by atoms with E-state index < -0.39 is 0 Å². The van der Waals surface area contributed by atoms with Crippen LogP contribution >= 0.6 is 27.7 Å². The van der Waals surface area contributed by atoms with Crippen LogP contribution in [0.2, 0.25) is 0 Å². The lowest BCUT2D eigenvalue weighted by atomic mass is 10.1. The summed E-state index contributed by atoms with van der Waals surface area (Å²) in [6.45, 7) is 1.12. The van der Waals surface area contributed by atoms with E-state index in [-0.39, 0.29) is 0 Å². The Hall–Kier alpha value is 0.01000. The number of thioether (sulfide) groups is 1. The molecule has 0 aliphatic carbocycles. The van der Waals surface area contributed by atoms with Crippen LogP contribution < -0.4 is 5.32 Å². The van der Waals surface area contributed by atoms with Crippen molar-refractivity contribution in [2.45, 2.75) is 6.04 Å². The van der Waals surface area contributed by atoms with Crippen molar-refractivity contribution in [3.8, 4) is 0 Å². The zero-order chi connectivity index (χ0) is 9.10. The van der Waals surface area contributed by atoms with Gasteiger partial charge in [0.2, 0.25) is 0 Å². The van der Waals surface area contributed by atoms with Crippen molar-refractivity contribution >= 4 is 27.7 Å². The molecular weight excluding hydrogens is 246 g/mol. The van der Waals surface area contributed by atoms with Gasteiger partial charge in [-0.2, -0.15) is 11.8 Å². The molecule has 1 nitrogen and oxygen atoms in total. The second-order valence-electron chi connectivity index (χ2n) is 3.10. The molecule has 1 heterocycles. The SMILES string of the molecule is Brc1ccccc1C1CSCCN1. The van der Waals surface area contributed by atoms with E-state index >= 15 is 0 Å². The van der Waals surface area contributed by atoms with Gasteiger partial charge < -0.3 is 5.32 Å². The normalized spacial score (nSPS) is 23.0. The van der Waals surface area contributed by atoms with Gasteiger partial charge in [0.05, 0.1) is 0 Å². The van der Waals surface area contributed by atoms with E-state index in [1.807, 2.05) is 11.8 Å². The van der Waals surface area contributed by atoms with Crippen molar-refractivity contribution in [3.05, 3.63) is 34.3 Å². The Kier molecular flexibility index (Phi) is 3.30. The van der Waals surface area contributed by atoms with Crippen LogP contribution in [0.25, 0.3) is 0 Å². The lowest BCUT2D eigenvalue weighted by Crippen LogP contribution is -2.30. The zero-order valence-corrected chi connectivity index (χ0v) is 9.70. The largest absolute Gasteiger partial charge is 0.308 e. The fourth-order valence-electron chi connectivity index (χ4n) is 1.52. The van der Waals surface area contributed by atoms with E-state index in [0.717, 1.165) is 6.54 Å². The fourth-order valence-corrected chi connectivity index (χ4v) is 3.05. The summed E-state index contributed by atoms with van der Waals surface area (Å²) in [7, 11) is 0. The summed E-state index contributed by atoms with van der Waals surface area (Å²) in [5.41, 5.74) is 1.38.